The standard InChI is InChI=1S/C28H40O3/c1-17(2)18(3)7-8-19(4)21-11-14-28(31)23-16-25(30)24-15-20(29)9-12-26(24,5)22(23)10-13-27(21,28)6/h7-8,15-19,21-22,31H,9-14H2,1-6H3/t18-,19+,21+,22-,26+,27+,28+/m0/s1. The second-order valence-corrected chi connectivity index (χ2v) is 11.8. The maximum atomic E-state index is 13.1. The lowest BCUT2D eigenvalue weighted by Gasteiger charge is -2.57. The van der Waals surface area contributed by atoms with Crippen molar-refractivity contribution in [2.24, 2.45) is 40.4 Å². The fourth-order valence-electron chi connectivity index (χ4n) is 7.31. The van der Waals surface area contributed by atoms with E-state index in [4.69, 9.17) is 0 Å². The molecule has 0 saturated heterocycles. The van der Waals surface area contributed by atoms with Crippen LogP contribution >= 0.6 is 0 Å². The van der Waals surface area contributed by atoms with Crippen LogP contribution in [0.2, 0.25) is 0 Å². The van der Waals surface area contributed by atoms with Crippen LogP contribution in [0.5, 0.6) is 0 Å². The van der Waals surface area contributed by atoms with Gasteiger partial charge in [0.1, 0.15) is 0 Å². The molecule has 4 aliphatic carbocycles. The van der Waals surface area contributed by atoms with Gasteiger partial charge in [-0.05, 0) is 79.4 Å². The Morgan fingerprint density at radius 3 is 2.39 bits per heavy atom. The maximum Gasteiger partial charge on any atom is 0.182 e. The van der Waals surface area contributed by atoms with Crippen LogP contribution in [0.25, 0.3) is 0 Å². The van der Waals surface area contributed by atoms with E-state index in [1.807, 2.05) is 0 Å². The Hall–Kier alpha value is -1.48. The molecule has 3 nitrogen and oxygen atoms in total. The molecule has 0 unspecified atom stereocenters. The van der Waals surface area contributed by atoms with Gasteiger partial charge in [-0.1, -0.05) is 53.7 Å². The lowest BCUT2D eigenvalue weighted by Crippen LogP contribution is -2.57. The molecule has 0 aliphatic heterocycles. The molecule has 7 atom stereocenters. The van der Waals surface area contributed by atoms with Crippen LogP contribution in [0.4, 0.5) is 0 Å². The highest BCUT2D eigenvalue weighted by Crippen LogP contribution is 2.67. The molecule has 0 spiro atoms. The number of carbonyl (C=O) groups excluding carboxylic acids is 2. The number of hydrogen-bond donors (Lipinski definition) is 1. The van der Waals surface area contributed by atoms with E-state index in [0.29, 0.717) is 42.1 Å². The minimum Gasteiger partial charge on any atom is -0.385 e. The van der Waals surface area contributed by atoms with E-state index < -0.39 is 5.60 Å². The third kappa shape index (κ3) is 3.25. The van der Waals surface area contributed by atoms with E-state index in [-0.39, 0.29) is 28.3 Å². The van der Waals surface area contributed by atoms with Crippen molar-refractivity contribution >= 4 is 11.6 Å². The lowest BCUT2D eigenvalue weighted by atomic mass is 9.48. The van der Waals surface area contributed by atoms with Gasteiger partial charge in [0, 0.05) is 22.8 Å². The van der Waals surface area contributed by atoms with Gasteiger partial charge < -0.3 is 5.11 Å². The van der Waals surface area contributed by atoms with E-state index in [9.17, 15) is 14.7 Å². The van der Waals surface area contributed by atoms with Crippen LogP contribution in [-0.4, -0.2) is 22.3 Å². The number of ketones is 2. The zero-order valence-corrected chi connectivity index (χ0v) is 20.2. The molecule has 0 heterocycles. The van der Waals surface area contributed by atoms with Gasteiger partial charge in [-0.25, -0.2) is 0 Å². The first kappa shape index (κ1) is 22.7. The van der Waals surface area contributed by atoms with Crippen LogP contribution in [0, 0.1) is 40.4 Å². The Balaban J connectivity index is 1.68. The van der Waals surface area contributed by atoms with Gasteiger partial charge in [0.05, 0.1) is 5.60 Å². The van der Waals surface area contributed by atoms with Crippen LogP contribution in [0.1, 0.15) is 80.1 Å². The van der Waals surface area contributed by atoms with E-state index in [0.717, 1.165) is 31.3 Å². The number of carbonyl (C=O) groups is 2. The Labute approximate surface area is 188 Å². The minimum atomic E-state index is -0.919. The first-order chi connectivity index (χ1) is 14.4. The molecule has 0 aromatic heterocycles. The first-order valence-electron chi connectivity index (χ1n) is 12.4. The van der Waals surface area contributed by atoms with Crippen LogP contribution in [-0.2, 0) is 9.59 Å². The van der Waals surface area contributed by atoms with Crippen LogP contribution in [0.15, 0.2) is 35.5 Å². The molecule has 0 aromatic carbocycles. The van der Waals surface area contributed by atoms with Gasteiger partial charge in [-0.2, -0.15) is 0 Å². The van der Waals surface area contributed by atoms with E-state index in [1.54, 1.807) is 12.2 Å². The number of aliphatic hydroxyl groups is 1. The highest BCUT2D eigenvalue weighted by atomic mass is 16.3. The van der Waals surface area contributed by atoms with E-state index in [2.05, 4.69) is 53.7 Å². The monoisotopic (exact) mass is 424 g/mol. The molecule has 4 aliphatic rings. The van der Waals surface area contributed by atoms with Crippen molar-refractivity contribution in [3.05, 3.63) is 35.5 Å². The Bertz CT molecular complexity index is 877. The second-order valence-electron chi connectivity index (χ2n) is 11.8. The Morgan fingerprint density at radius 1 is 1.00 bits per heavy atom. The van der Waals surface area contributed by atoms with Crippen molar-refractivity contribution in [2.75, 3.05) is 0 Å². The van der Waals surface area contributed by atoms with Crippen molar-refractivity contribution in [3.63, 3.8) is 0 Å². The molecule has 3 heteroatoms. The number of allylic oxidation sites excluding steroid dienone is 5. The molecule has 0 aromatic rings. The third-order valence-electron chi connectivity index (χ3n) is 9.92. The molecular weight excluding hydrogens is 384 g/mol. The minimum absolute atomic E-state index is 0.0540. The van der Waals surface area contributed by atoms with Gasteiger partial charge >= 0.3 is 0 Å². The topological polar surface area (TPSA) is 54.4 Å². The summed E-state index contributed by atoms with van der Waals surface area (Å²) in [6, 6.07) is 0. The first-order valence-corrected chi connectivity index (χ1v) is 12.4. The molecule has 2 saturated carbocycles. The summed E-state index contributed by atoms with van der Waals surface area (Å²) in [5.74, 6) is 2.14. The fourth-order valence-corrected chi connectivity index (χ4v) is 7.31. The normalized spacial score (nSPS) is 42.1. The fraction of sp³-hybridized carbons (Fsp3) is 0.714. The zero-order valence-electron chi connectivity index (χ0n) is 20.2. The quantitative estimate of drug-likeness (QED) is 0.577. The lowest BCUT2D eigenvalue weighted by molar-refractivity contribution is -0.122. The zero-order chi connectivity index (χ0) is 22.8. The maximum absolute atomic E-state index is 13.1. The summed E-state index contributed by atoms with van der Waals surface area (Å²) in [5.41, 5.74) is 0.191. The summed E-state index contributed by atoms with van der Waals surface area (Å²) in [7, 11) is 0. The molecule has 2 fully saturated rings. The molecule has 0 amide bonds. The van der Waals surface area contributed by atoms with Crippen LogP contribution < -0.4 is 0 Å². The summed E-state index contributed by atoms with van der Waals surface area (Å²) in [5, 5.41) is 12.2. The van der Waals surface area contributed by atoms with Gasteiger partial charge in [0.15, 0.2) is 11.6 Å². The summed E-state index contributed by atoms with van der Waals surface area (Å²) in [6.07, 6.45) is 12.9. The Morgan fingerprint density at radius 2 is 1.71 bits per heavy atom. The number of rotatable bonds is 4. The van der Waals surface area contributed by atoms with Crippen molar-refractivity contribution in [1.29, 1.82) is 0 Å². The van der Waals surface area contributed by atoms with E-state index in [1.165, 1.54) is 0 Å². The summed E-state index contributed by atoms with van der Waals surface area (Å²) < 4.78 is 0. The molecule has 4 rings (SSSR count). The van der Waals surface area contributed by atoms with Gasteiger partial charge in [0.25, 0.3) is 0 Å². The van der Waals surface area contributed by atoms with Gasteiger partial charge in [-0.3, -0.25) is 9.59 Å². The molecular formula is C28H40O3. The van der Waals surface area contributed by atoms with Crippen molar-refractivity contribution < 1.29 is 14.7 Å². The summed E-state index contributed by atoms with van der Waals surface area (Å²) >= 11 is 0. The highest BCUT2D eigenvalue weighted by Gasteiger charge is 2.65. The van der Waals surface area contributed by atoms with Crippen molar-refractivity contribution in [3.8, 4) is 0 Å². The average molecular weight is 425 g/mol. The van der Waals surface area contributed by atoms with Crippen LogP contribution in [0.3, 0.4) is 0 Å². The molecule has 1 N–H and O–H groups in total. The smallest absolute Gasteiger partial charge is 0.182 e. The molecule has 0 radical (unpaired) electrons. The number of hydrogen-bond acceptors (Lipinski definition) is 3. The third-order valence-corrected chi connectivity index (χ3v) is 9.92. The predicted molar refractivity (Wildman–Crippen MR) is 124 cm³/mol. The largest absolute Gasteiger partial charge is 0.385 e. The van der Waals surface area contributed by atoms with Crippen molar-refractivity contribution in [1.82, 2.24) is 0 Å². The van der Waals surface area contributed by atoms with E-state index >= 15 is 0 Å². The summed E-state index contributed by atoms with van der Waals surface area (Å²) in [6.45, 7) is 13.5. The second kappa shape index (κ2) is 7.54. The molecule has 170 valence electrons. The average Bonchev–Trinajstić information content (AvgIpc) is 2.99. The molecule has 0 bridgehead atoms. The SMILES string of the molecule is CC(C)[C@@H](C)C=C[C@@H](C)[C@H]1CC[C@@]2(O)C3=CC(=O)C4=CC(=O)CC[C@]4(C)[C@H]3CC[C@]12C. The molecule has 31 heavy (non-hydrogen) atoms. The van der Waals surface area contributed by atoms with Gasteiger partial charge in [-0.15, -0.1) is 0 Å². The predicted octanol–water partition coefficient (Wildman–Crippen LogP) is 5.83. The number of fused-ring (bicyclic) bond motifs is 5. The summed E-state index contributed by atoms with van der Waals surface area (Å²) in [4.78, 5) is 25.1. The van der Waals surface area contributed by atoms with Crippen molar-refractivity contribution in [2.45, 2.75) is 85.7 Å². The Kier molecular flexibility index (Phi) is 5.52. The highest BCUT2D eigenvalue weighted by molar-refractivity contribution is 6.11. The van der Waals surface area contributed by atoms with Gasteiger partial charge in [0.2, 0.25) is 0 Å².